The molecule has 1 heterocycles. The summed E-state index contributed by atoms with van der Waals surface area (Å²) in [5.74, 6) is -0.543. The van der Waals surface area contributed by atoms with Gasteiger partial charge in [-0.15, -0.1) is 0 Å². The first-order valence-electron chi connectivity index (χ1n) is 7.54. The van der Waals surface area contributed by atoms with Gasteiger partial charge < -0.3 is 5.32 Å². The summed E-state index contributed by atoms with van der Waals surface area (Å²) in [6, 6.07) is 14.7. The fraction of sp³-hybridized carbons (Fsp3) is 0.222. The Kier molecular flexibility index (Phi) is 4.37. The second-order valence-electron chi connectivity index (χ2n) is 5.50. The van der Waals surface area contributed by atoms with Crippen LogP contribution >= 0.6 is 0 Å². The Morgan fingerprint density at radius 3 is 2.52 bits per heavy atom. The van der Waals surface area contributed by atoms with Crippen molar-refractivity contribution in [2.75, 3.05) is 4.90 Å². The first-order valence-corrected chi connectivity index (χ1v) is 7.54. The molecule has 2 amide bonds. The Morgan fingerprint density at radius 1 is 1.13 bits per heavy atom. The molecule has 0 aliphatic carbocycles. The van der Waals surface area contributed by atoms with E-state index in [9.17, 15) is 14.0 Å². The Hall–Kier alpha value is -2.69. The molecule has 1 N–H and O–H groups in total. The molecule has 2 aromatic rings. The van der Waals surface area contributed by atoms with Gasteiger partial charge in [0.2, 0.25) is 11.8 Å². The molecule has 0 spiro atoms. The van der Waals surface area contributed by atoms with E-state index in [1.54, 1.807) is 17.0 Å². The molecule has 1 saturated heterocycles. The molecular formula is C18H17FN2O2. The molecule has 23 heavy (non-hydrogen) atoms. The van der Waals surface area contributed by atoms with Gasteiger partial charge in [0.05, 0.1) is 0 Å². The molecule has 1 unspecified atom stereocenters. The lowest BCUT2D eigenvalue weighted by molar-refractivity contribution is -0.124. The van der Waals surface area contributed by atoms with Crippen LogP contribution in [0.2, 0.25) is 0 Å². The Morgan fingerprint density at radius 2 is 1.83 bits per heavy atom. The highest BCUT2D eigenvalue weighted by Gasteiger charge is 2.36. The number of carbonyl (C=O) groups is 2. The molecule has 1 aliphatic rings. The van der Waals surface area contributed by atoms with Crippen LogP contribution in [-0.2, 0) is 16.1 Å². The predicted octanol–water partition coefficient (Wildman–Crippen LogP) is 2.64. The van der Waals surface area contributed by atoms with Crippen LogP contribution in [0.3, 0.4) is 0 Å². The zero-order valence-corrected chi connectivity index (χ0v) is 12.5. The summed E-state index contributed by atoms with van der Waals surface area (Å²) in [4.78, 5) is 26.1. The van der Waals surface area contributed by atoms with Crippen LogP contribution in [0.25, 0.3) is 0 Å². The standard InChI is InChI=1S/C18H17FN2O2/c19-14-8-6-13(7-9-14)12-20-18(23)16-10-11-17(22)21(16)15-4-2-1-3-5-15/h1-9,16H,10-12H2,(H,20,23). The van der Waals surface area contributed by atoms with Gasteiger partial charge in [-0.1, -0.05) is 30.3 Å². The van der Waals surface area contributed by atoms with Crippen LogP contribution in [0.5, 0.6) is 0 Å². The van der Waals surface area contributed by atoms with E-state index in [-0.39, 0.29) is 17.6 Å². The Labute approximate surface area is 133 Å². The number of hydrogen-bond donors (Lipinski definition) is 1. The molecule has 1 aliphatic heterocycles. The van der Waals surface area contributed by atoms with Crippen LogP contribution < -0.4 is 10.2 Å². The summed E-state index contributed by atoms with van der Waals surface area (Å²) in [6.07, 6.45) is 0.868. The number of nitrogens with zero attached hydrogens (tertiary/aromatic N) is 1. The molecule has 2 aromatic carbocycles. The average Bonchev–Trinajstić information content (AvgIpc) is 2.96. The van der Waals surface area contributed by atoms with E-state index in [0.29, 0.717) is 19.4 Å². The van der Waals surface area contributed by atoms with Gasteiger partial charge in [-0.05, 0) is 36.2 Å². The zero-order chi connectivity index (χ0) is 16.2. The molecule has 1 fully saturated rings. The van der Waals surface area contributed by atoms with E-state index in [1.807, 2.05) is 30.3 Å². The molecule has 0 saturated carbocycles. The molecule has 0 aromatic heterocycles. The van der Waals surface area contributed by atoms with Crippen molar-refractivity contribution in [3.8, 4) is 0 Å². The highest BCUT2D eigenvalue weighted by Crippen LogP contribution is 2.26. The van der Waals surface area contributed by atoms with E-state index in [1.165, 1.54) is 12.1 Å². The summed E-state index contributed by atoms with van der Waals surface area (Å²) in [5.41, 5.74) is 1.55. The molecule has 0 bridgehead atoms. The Balaban J connectivity index is 1.68. The third kappa shape index (κ3) is 3.39. The highest BCUT2D eigenvalue weighted by molar-refractivity contribution is 6.03. The summed E-state index contributed by atoms with van der Waals surface area (Å²) in [5, 5.41) is 2.83. The van der Waals surface area contributed by atoms with Crippen LogP contribution in [0.15, 0.2) is 54.6 Å². The van der Waals surface area contributed by atoms with Crippen LogP contribution in [0, 0.1) is 5.82 Å². The molecule has 4 nitrogen and oxygen atoms in total. The molecular weight excluding hydrogens is 295 g/mol. The van der Waals surface area contributed by atoms with Gasteiger partial charge >= 0.3 is 0 Å². The van der Waals surface area contributed by atoms with Crippen molar-refractivity contribution in [1.82, 2.24) is 5.32 Å². The van der Waals surface area contributed by atoms with E-state index in [2.05, 4.69) is 5.32 Å². The van der Waals surface area contributed by atoms with Crippen molar-refractivity contribution in [3.05, 3.63) is 66.0 Å². The van der Waals surface area contributed by atoms with Gasteiger partial charge in [0.1, 0.15) is 11.9 Å². The maximum Gasteiger partial charge on any atom is 0.243 e. The number of nitrogens with one attached hydrogen (secondary N) is 1. The van der Waals surface area contributed by atoms with Crippen molar-refractivity contribution >= 4 is 17.5 Å². The number of benzene rings is 2. The van der Waals surface area contributed by atoms with E-state index < -0.39 is 6.04 Å². The normalized spacial score (nSPS) is 17.3. The van der Waals surface area contributed by atoms with Crippen molar-refractivity contribution < 1.29 is 14.0 Å². The second-order valence-corrected chi connectivity index (χ2v) is 5.50. The number of anilines is 1. The maximum atomic E-state index is 12.9. The van der Waals surface area contributed by atoms with Gasteiger partial charge in [0.25, 0.3) is 0 Å². The van der Waals surface area contributed by atoms with Gasteiger partial charge in [-0.2, -0.15) is 0 Å². The lowest BCUT2D eigenvalue weighted by Gasteiger charge is -2.24. The van der Waals surface area contributed by atoms with Crippen LogP contribution in [-0.4, -0.2) is 17.9 Å². The smallest absolute Gasteiger partial charge is 0.243 e. The van der Waals surface area contributed by atoms with Gasteiger partial charge in [-0.3, -0.25) is 14.5 Å². The minimum atomic E-state index is -0.495. The Bertz CT molecular complexity index is 701. The predicted molar refractivity (Wildman–Crippen MR) is 85.2 cm³/mol. The maximum absolute atomic E-state index is 12.9. The number of hydrogen-bond acceptors (Lipinski definition) is 2. The van der Waals surface area contributed by atoms with Gasteiger partial charge in [0, 0.05) is 18.7 Å². The topological polar surface area (TPSA) is 49.4 Å². The minimum absolute atomic E-state index is 0.0434. The fourth-order valence-electron chi connectivity index (χ4n) is 2.75. The molecule has 118 valence electrons. The second kappa shape index (κ2) is 6.60. The van der Waals surface area contributed by atoms with E-state index >= 15 is 0 Å². The summed E-state index contributed by atoms with van der Waals surface area (Å²) >= 11 is 0. The highest BCUT2D eigenvalue weighted by atomic mass is 19.1. The van der Waals surface area contributed by atoms with Crippen LogP contribution in [0.1, 0.15) is 18.4 Å². The lowest BCUT2D eigenvalue weighted by atomic mass is 10.1. The SMILES string of the molecule is O=C(NCc1ccc(F)cc1)C1CCC(=O)N1c1ccccc1. The molecule has 3 rings (SSSR count). The van der Waals surface area contributed by atoms with Crippen LogP contribution in [0.4, 0.5) is 10.1 Å². The number of rotatable bonds is 4. The van der Waals surface area contributed by atoms with Crippen molar-refractivity contribution in [1.29, 1.82) is 0 Å². The monoisotopic (exact) mass is 312 g/mol. The number of halogens is 1. The van der Waals surface area contributed by atoms with E-state index in [4.69, 9.17) is 0 Å². The van der Waals surface area contributed by atoms with E-state index in [0.717, 1.165) is 11.3 Å². The van der Waals surface area contributed by atoms with Gasteiger partial charge in [0.15, 0.2) is 0 Å². The fourth-order valence-corrected chi connectivity index (χ4v) is 2.75. The summed E-state index contributed by atoms with van der Waals surface area (Å²) in [6.45, 7) is 0.312. The lowest BCUT2D eigenvalue weighted by Crippen LogP contribution is -2.44. The number of amides is 2. The molecule has 5 heteroatoms. The number of carbonyl (C=O) groups excluding carboxylic acids is 2. The number of para-hydroxylation sites is 1. The zero-order valence-electron chi connectivity index (χ0n) is 12.5. The third-order valence-corrected chi connectivity index (χ3v) is 3.93. The quantitative estimate of drug-likeness (QED) is 0.943. The third-order valence-electron chi connectivity index (χ3n) is 3.93. The minimum Gasteiger partial charge on any atom is -0.350 e. The largest absolute Gasteiger partial charge is 0.350 e. The summed E-state index contributed by atoms with van der Waals surface area (Å²) in [7, 11) is 0. The average molecular weight is 312 g/mol. The van der Waals surface area contributed by atoms with Gasteiger partial charge in [-0.25, -0.2) is 4.39 Å². The molecule has 0 radical (unpaired) electrons. The first-order chi connectivity index (χ1) is 11.1. The van der Waals surface area contributed by atoms with Crippen molar-refractivity contribution in [3.63, 3.8) is 0 Å². The first kappa shape index (κ1) is 15.2. The van der Waals surface area contributed by atoms with Crippen molar-refractivity contribution in [2.45, 2.75) is 25.4 Å². The molecule has 1 atom stereocenters. The van der Waals surface area contributed by atoms with Crippen molar-refractivity contribution in [2.24, 2.45) is 0 Å². The summed E-state index contributed by atoms with van der Waals surface area (Å²) < 4.78 is 12.9.